The van der Waals surface area contributed by atoms with E-state index in [1.807, 2.05) is 89.9 Å². The molecule has 0 aliphatic rings. The summed E-state index contributed by atoms with van der Waals surface area (Å²) in [7, 11) is 0. The summed E-state index contributed by atoms with van der Waals surface area (Å²) < 4.78 is 1.86. The molecule has 1 amide bonds. The summed E-state index contributed by atoms with van der Waals surface area (Å²) in [6.07, 6.45) is 1.99. The first-order valence-corrected chi connectivity index (χ1v) is 9.62. The normalized spacial score (nSPS) is 10.7. The molecule has 1 N–H and O–H groups in total. The van der Waals surface area contributed by atoms with Gasteiger partial charge in [-0.1, -0.05) is 48.5 Å². The Hall–Kier alpha value is -3.18. The van der Waals surface area contributed by atoms with Crippen molar-refractivity contribution in [3.63, 3.8) is 0 Å². The van der Waals surface area contributed by atoms with Gasteiger partial charge in [0.05, 0.1) is 16.3 Å². The maximum Gasteiger partial charge on any atom is 0.261 e. The summed E-state index contributed by atoms with van der Waals surface area (Å²) in [4.78, 5) is 13.3. The Balaban J connectivity index is 1.65. The number of benzene rings is 2. The minimum absolute atomic E-state index is 0.0472. The van der Waals surface area contributed by atoms with Gasteiger partial charge in [0.2, 0.25) is 0 Å². The molecule has 0 saturated carbocycles. The van der Waals surface area contributed by atoms with Gasteiger partial charge in [0.15, 0.2) is 0 Å². The second kappa shape index (κ2) is 7.60. The molecule has 5 heteroatoms. The summed E-state index contributed by atoms with van der Waals surface area (Å²) in [5, 5.41) is 9.75. The SMILES string of the molecule is Cc1ccsc1C(=O)NCc1cn(-c2ccccc2)nc1-c1ccccc1. The van der Waals surface area contributed by atoms with Gasteiger partial charge in [-0.15, -0.1) is 11.3 Å². The zero-order valence-corrected chi connectivity index (χ0v) is 15.7. The van der Waals surface area contributed by atoms with Crippen LogP contribution < -0.4 is 5.32 Å². The maximum atomic E-state index is 12.5. The minimum Gasteiger partial charge on any atom is -0.347 e. The van der Waals surface area contributed by atoms with Crippen molar-refractivity contribution in [3.05, 3.63) is 94.3 Å². The first-order valence-electron chi connectivity index (χ1n) is 8.74. The molecule has 0 bridgehead atoms. The van der Waals surface area contributed by atoms with Crippen molar-refractivity contribution in [2.75, 3.05) is 0 Å². The highest BCUT2D eigenvalue weighted by Gasteiger charge is 2.15. The van der Waals surface area contributed by atoms with Crippen LogP contribution in [0.1, 0.15) is 20.8 Å². The van der Waals surface area contributed by atoms with Crippen molar-refractivity contribution in [2.45, 2.75) is 13.5 Å². The van der Waals surface area contributed by atoms with Crippen molar-refractivity contribution in [1.82, 2.24) is 15.1 Å². The maximum absolute atomic E-state index is 12.5. The summed E-state index contributed by atoms with van der Waals surface area (Å²) in [5.41, 5.74) is 4.88. The molecule has 0 unspecified atom stereocenters. The highest BCUT2D eigenvalue weighted by atomic mass is 32.1. The van der Waals surface area contributed by atoms with Crippen LogP contribution in [-0.2, 0) is 6.54 Å². The molecule has 0 aliphatic carbocycles. The number of carbonyl (C=O) groups is 1. The van der Waals surface area contributed by atoms with Gasteiger partial charge < -0.3 is 5.32 Å². The molecule has 134 valence electrons. The van der Waals surface area contributed by atoms with Gasteiger partial charge >= 0.3 is 0 Å². The fourth-order valence-electron chi connectivity index (χ4n) is 2.95. The number of nitrogens with zero attached hydrogens (tertiary/aromatic N) is 2. The van der Waals surface area contributed by atoms with Crippen LogP contribution in [0, 0.1) is 6.92 Å². The van der Waals surface area contributed by atoms with Gasteiger partial charge in [0.25, 0.3) is 5.91 Å². The predicted molar refractivity (Wildman–Crippen MR) is 109 cm³/mol. The average Bonchev–Trinajstić information content (AvgIpc) is 3.34. The zero-order valence-electron chi connectivity index (χ0n) is 14.9. The number of hydrogen-bond donors (Lipinski definition) is 1. The molecule has 2 aromatic carbocycles. The molecule has 27 heavy (non-hydrogen) atoms. The Labute approximate surface area is 162 Å². The number of hydrogen-bond acceptors (Lipinski definition) is 3. The molecular formula is C22H19N3OS. The lowest BCUT2D eigenvalue weighted by Gasteiger charge is -2.05. The first-order chi connectivity index (χ1) is 13.2. The fraction of sp³-hybridized carbons (Fsp3) is 0.0909. The van der Waals surface area contributed by atoms with E-state index in [9.17, 15) is 4.79 Å². The smallest absolute Gasteiger partial charge is 0.261 e. The summed E-state index contributed by atoms with van der Waals surface area (Å²) in [6, 6.07) is 22.0. The van der Waals surface area contributed by atoms with Crippen LogP contribution in [0.5, 0.6) is 0 Å². The van der Waals surface area contributed by atoms with Gasteiger partial charge in [-0.05, 0) is 36.1 Å². The average molecular weight is 373 g/mol. The lowest BCUT2D eigenvalue weighted by Crippen LogP contribution is -2.22. The second-order valence-corrected chi connectivity index (χ2v) is 7.18. The van der Waals surface area contributed by atoms with Crippen LogP contribution in [0.15, 0.2) is 78.3 Å². The van der Waals surface area contributed by atoms with E-state index < -0.39 is 0 Å². The number of rotatable bonds is 5. The van der Waals surface area contributed by atoms with Gasteiger partial charge in [0.1, 0.15) is 0 Å². The Morgan fingerprint density at radius 3 is 2.41 bits per heavy atom. The van der Waals surface area contributed by atoms with Crippen molar-refractivity contribution < 1.29 is 4.79 Å². The molecular weight excluding hydrogens is 354 g/mol. The molecule has 0 radical (unpaired) electrons. The molecule has 2 aromatic heterocycles. The first kappa shape index (κ1) is 17.2. The molecule has 0 aliphatic heterocycles. The topological polar surface area (TPSA) is 46.9 Å². The number of para-hydroxylation sites is 1. The van der Waals surface area contributed by atoms with Crippen LogP contribution in [0.25, 0.3) is 16.9 Å². The third kappa shape index (κ3) is 3.68. The van der Waals surface area contributed by atoms with Crippen LogP contribution in [-0.4, -0.2) is 15.7 Å². The number of aryl methyl sites for hydroxylation is 1. The van der Waals surface area contributed by atoms with Gasteiger partial charge in [-0.25, -0.2) is 4.68 Å². The Kier molecular flexibility index (Phi) is 4.85. The number of amides is 1. The molecule has 0 fully saturated rings. The summed E-state index contributed by atoms with van der Waals surface area (Å²) in [5.74, 6) is -0.0472. The minimum atomic E-state index is -0.0472. The Bertz CT molecular complexity index is 1050. The van der Waals surface area contributed by atoms with Crippen LogP contribution in [0.2, 0.25) is 0 Å². The molecule has 0 atom stereocenters. The van der Waals surface area contributed by atoms with Gasteiger partial charge in [-0.2, -0.15) is 5.10 Å². The summed E-state index contributed by atoms with van der Waals surface area (Å²) >= 11 is 1.46. The lowest BCUT2D eigenvalue weighted by atomic mass is 10.1. The van der Waals surface area contributed by atoms with Crippen molar-refractivity contribution >= 4 is 17.2 Å². The van der Waals surface area contributed by atoms with E-state index in [1.165, 1.54) is 11.3 Å². The zero-order chi connectivity index (χ0) is 18.6. The van der Waals surface area contributed by atoms with Gasteiger partial charge in [-0.3, -0.25) is 4.79 Å². The molecule has 4 nitrogen and oxygen atoms in total. The molecule has 0 saturated heterocycles. The number of thiophene rings is 1. The molecule has 2 heterocycles. The Morgan fingerprint density at radius 2 is 1.74 bits per heavy atom. The van der Waals surface area contributed by atoms with E-state index in [-0.39, 0.29) is 5.91 Å². The summed E-state index contributed by atoms with van der Waals surface area (Å²) in [6.45, 7) is 2.38. The largest absolute Gasteiger partial charge is 0.347 e. The third-order valence-electron chi connectivity index (χ3n) is 4.37. The second-order valence-electron chi connectivity index (χ2n) is 6.26. The Morgan fingerprint density at radius 1 is 1.04 bits per heavy atom. The van der Waals surface area contributed by atoms with Crippen LogP contribution in [0.4, 0.5) is 0 Å². The van der Waals surface area contributed by atoms with Crippen molar-refractivity contribution in [1.29, 1.82) is 0 Å². The molecule has 0 spiro atoms. The van der Waals surface area contributed by atoms with E-state index >= 15 is 0 Å². The highest BCUT2D eigenvalue weighted by Crippen LogP contribution is 2.24. The van der Waals surface area contributed by atoms with Crippen molar-refractivity contribution in [2.24, 2.45) is 0 Å². The van der Waals surface area contributed by atoms with E-state index in [1.54, 1.807) is 0 Å². The highest BCUT2D eigenvalue weighted by molar-refractivity contribution is 7.12. The predicted octanol–water partition coefficient (Wildman–Crippen LogP) is 4.84. The van der Waals surface area contributed by atoms with Crippen molar-refractivity contribution in [3.8, 4) is 16.9 Å². The standard InChI is InChI=1S/C22H19N3OS/c1-16-12-13-27-21(16)22(26)23-14-18-15-25(19-10-6-3-7-11-19)24-20(18)17-8-4-2-5-9-17/h2-13,15H,14H2,1H3,(H,23,26). The molecule has 4 aromatic rings. The van der Waals surface area contributed by atoms with Crippen LogP contribution in [0.3, 0.4) is 0 Å². The van der Waals surface area contributed by atoms with E-state index in [0.717, 1.165) is 32.9 Å². The van der Waals surface area contributed by atoms with Gasteiger partial charge in [0, 0.05) is 23.9 Å². The van der Waals surface area contributed by atoms with E-state index in [4.69, 9.17) is 5.10 Å². The fourth-order valence-corrected chi connectivity index (χ4v) is 3.79. The van der Waals surface area contributed by atoms with E-state index in [0.29, 0.717) is 6.54 Å². The third-order valence-corrected chi connectivity index (χ3v) is 5.38. The number of nitrogens with one attached hydrogen (secondary N) is 1. The monoisotopic (exact) mass is 373 g/mol. The number of aromatic nitrogens is 2. The number of carbonyl (C=O) groups excluding carboxylic acids is 1. The van der Waals surface area contributed by atoms with Crippen LogP contribution >= 0.6 is 11.3 Å². The quantitative estimate of drug-likeness (QED) is 0.544. The lowest BCUT2D eigenvalue weighted by molar-refractivity contribution is 0.0954. The van der Waals surface area contributed by atoms with E-state index in [2.05, 4.69) is 5.32 Å². The molecule has 4 rings (SSSR count).